The molecular formula is C25H24Cl3N3O. The number of hydrogen-bond donors (Lipinski definition) is 1. The predicted molar refractivity (Wildman–Crippen MR) is 136 cm³/mol. The van der Waals surface area contributed by atoms with Gasteiger partial charge in [-0.2, -0.15) is 5.26 Å². The van der Waals surface area contributed by atoms with Gasteiger partial charge in [0.2, 0.25) is 0 Å². The summed E-state index contributed by atoms with van der Waals surface area (Å²) >= 11 is 18.6. The van der Waals surface area contributed by atoms with Crippen LogP contribution >= 0.6 is 34.8 Å². The van der Waals surface area contributed by atoms with E-state index in [2.05, 4.69) is 44.0 Å². The highest BCUT2D eigenvalue weighted by molar-refractivity contribution is 6.37. The monoisotopic (exact) mass is 487 g/mol. The van der Waals surface area contributed by atoms with Crippen molar-refractivity contribution in [1.82, 2.24) is 0 Å². The average Bonchev–Trinajstić information content (AvgIpc) is 2.71. The molecule has 0 aliphatic carbocycles. The molecule has 7 heteroatoms. The number of fused-ring (bicyclic) bond motifs is 1. The minimum atomic E-state index is -0.577. The molecular weight excluding hydrogens is 465 g/mol. The first-order valence-electron chi connectivity index (χ1n) is 10.3. The lowest BCUT2D eigenvalue weighted by molar-refractivity contribution is -0.112. The molecule has 1 aliphatic rings. The van der Waals surface area contributed by atoms with E-state index in [0.29, 0.717) is 21.3 Å². The van der Waals surface area contributed by atoms with Gasteiger partial charge in [-0.15, -0.1) is 0 Å². The van der Waals surface area contributed by atoms with Crippen molar-refractivity contribution < 1.29 is 4.79 Å². The first kappa shape index (κ1) is 24.2. The van der Waals surface area contributed by atoms with Gasteiger partial charge in [-0.3, -0.25) is 4.79 Å². The van der Waals surface area contributed by atoms with Crippen molar-refractivity contribution in [2.45, 2.75) is 39.7 Å². The zero-order valence-electron chi connectivity index (χ0n) is 18.4. The molecule has 3 rings (SSSR count). The van der Waals surface area contributed by atoms with Gasteiger partial charge in [0.25, 0.3) is 5.91 Å². The van der Waals surface area contributed by atoms with E-state index in [1.165, 1.54) is 12.1 Å². The Labute approximate surface area is 204 Å². The van der Waals surface area contributed by atoms with E-state index in [4.69, 9.17) is 34.8 Å². The molecule has 1 N–H and O–H groups in total. The van der Waals surface area contributed by atoms with Gasteiger partial charge in [0.15, 0.2) is 0 Å². The maximum atomic E-state index is 12.7. The Morgan fingerprint density at radius 1 is 1.19 bits per heavy atom. The molecule has 0 atom stereocenters. The first-order chi connectivity index (χ1) is 15.1. The van der Waals surface area contributed by atoms with Crippen LogP contribution in [0.3, 0.4) is 0 Å². The lowest BCUT2D eigenvalue weighted by Gasteiger charge is -2.43. The summed E-state index contributed by atoms with van der Waals surface area (Å²) in [6.07, 6.45) is 4.73. The summed E-state index contributed by atoms with van der Waals surface area (Å²) < 4.78 is 0. The van der Waals surface area contributed by atoms with Crippen molar-refractivity contribution in [3.63, 3.8) is 0 Å². The van der Waals surface area contributed by atoms with Crippen LogP contribution in [0, 0.1) is 11.3 Å². The fraction of sp³-hybridized carbons (Fsp3) is 0.280. The number of carbonyl (C=O) groups excluding carboxylic acids is 1. The minimum Gasteiger partial charge on any atom is -0.362 e. The predicted octanol–water partition coefficient (Wildman–Crippen LogP) is 7.60. The fourth-order valence-corrected chi connectivity index (χ4v) is 4.61. The number of halogens is 3. The lowest BCUT2D eigenvalue weighted by Crippen LogP contribution is -2.45. The van der Waals surface area contributed by atoms with Crippen molar-refractivity contribution >= 4 is 63.7 Å². The highest BCUT2D eigenvalue weighted by Crippen LogP contribution is 2.42. The van der Waals surface area contributed by atoms with E-state index < -0.39 is 5.91 Å². The van der Waals surface area contributed by atoms with Crippen LogP contribution in [0.5, 0.6) is 0 Å². The molecule has 2 aromatic carbocycles. The van der Waals surface area contributed by atoms with Crippen LogP contribution in [0.15, 0.2) is 42.0 Å². The molecule has 2 aromatic rings. The van der Waals surface area contributed by atoms with Crippen LogP contribution in [0.2, 0.25) is 15.1 Å². The Morgan fingerprint density at radius 3 is 2.53 bits per heavy atom. The third-order valence-corrected chi connectivity index (χ3v) is 6.26. The van der Waals surface area contributed by atoms with Gasteiger partial charge in [-0.05, 0) is 74.7 Å². The van der Waals surface area contributed by atoms with Gasteiger partial charge in [0.05, 0.1) is 16.2 Å². The molecule has 32 heavy (non-hydrogen) atoms. The standard InChI is InChI=1S/C25H24Cl3N3O/c1-5-8-31-23-12-20(27)16(10-19(23)15(2)13-25(31,3)4)9-17(14-29)24(32)30-22-7-6-18(26)11-21(22)28/h6-7,9-13H,5,8H2,1-4H3,(H,30,32)/b17-9+. The highest BCUT2D eigenvalue weighted by atomic mass is 35.5. The van der Waals surface area contributed by atoms with E-state index in [1.54, 1.807) is 12.1 Å². The SMILES string of the molecule is CCCN1c2cc(Cl)c(/C=C(\C#N)C(=O)Nc3ccc(Cl)cc3Cl)cc2C(C)=CC1(C)C. The summed E-state index contributed by atoms with van der Waals surface area (Å²) in [6.45, 7) is 9.45. The molecule has 0 unspecified atom stereocenters. The van der Waals surface area contributed by atoms with E-state index in [0.717, 1.165) is 29.8 Å². The molecule has 0 spiro atoms. The smallest absolute Gasteiger partial charge is 0.266 e. The number of nitrogens with one attached hydrogen (secondary N) is 1. The van der Waals surface area contributed by atoms with E-state index in [9.17, 15) is 10.1 Å². The number of rotatable bonds is 5. The number of amides is 1. The lowest BCUT2D eigenvalue weighted by atomic mass is 9.87. The Balaban J connectivity index is 1.99. The van der Waals surface area contributed by atoms with Crippen molar-refractivity contribution in [3.05, 3.63) is 68.2 Å². The summed E-state index contributed by atoms with van der Waals surface area (Å²) in [5, 5.41) is 13.5. The van der Waals surface area contributed by atoms with Gasteiger partial charge in [0.1, 0.15) is 11.6 Å². The molecule has 0 aromatic heterocycles. The van der Waals surface area contributed by atoms with Crippen LogP contribution in [-0.2, 0) is 4.79 Å². The molecule has 1 heterocycles. The maximum absolute atomic E-state index is 12.7. The molecule has 0 fully saturated rings. The van der Waals surface area contributed by atoms with Gasteiger partial charge in [-0.25, -0.2) is 0 Å². The summed E-state index contributed by atoms with van der Waals surface area (Å²) in [5.74, 6) is -0.577. The van der Waals surface area contributed by atoms with E-state index in [1.807, 2.05) is 18.2 Å². The molecule has 1 amide bonds. The number of nitriles is 1. The fourth-order valence-electron chi connectivity index (χ4n) is 3.94. The molecule has 0 saturated heterocycles. The zero-order chi connectivity index (χ0) is 23.6. The van der Waals surface area contributed by atoms with Crippen molar-refractivity contribution in [2.24, 2.45) is 0 Å². The minimum absolute atomic E-state index is 0.0824. The molecule has 4 nitrogen and oxygen atoms in total. The number of nitrogens with zero attached hydrogens (tertiary/aromatic N) is 2. The second-order valence-corrected chi connectivity index (χ2v) is 9.52. The van der Waals surface area contributed by atoms with Gasteiger partial charge >= 0.3 is 0 Å². The van der Waals surface area contributed by atoms with Gasteiger partial charge in [-0.1, -0.05) is 47.8 Å². The van der Waals surface area contributed by atoms with Crippen molar-refractivity contribution in [3.8, 4) is 6.07 Å². The first-order valence-corrected chi connectivity index (χ1v) is 11.4. The Morgan fingerprint density at radius 2 is 1.91 bits per heavy atom. The van der Waals surface area contributed by atoms with Gasteiger partial charge in [0, 0.05) is 27.8 Å². The van der Waals surface area contributed by atoms with Crippen LogP contribution in [0.25, 0.3) is 11.6 Å². The molecule has 0 radical (unpaired) electrons. The average molecular weight is 489 g/mol. The summed E-state index contributed by atoms with van der Waals surface area (Å²) in [6, 6.07) is 10.5. The third-order valence-electron chi connectivity index (χ3n) is 5.39. The molecule has 166 valence electrons. The summed E-state index contributed by atoms with van der Waals surface area (Å²) in [5.41, 5.74) is 3.96. The van der Waals surface area contributed by atoms with Crippen molar-refractivity contribution in [2.75, 3.05) is 16.8 Å². The molecule has 0 saturated carbocycles. The Kier molecular flexibility index (Phi) is 7.25. The van der Waals surface area contributed by atoms with Crippen LogP contribution < -0.4 is 10.2 Å². The Hall–Kier alpha value is -2.45. The normalized spacial score (nSPS) is 15.0. The summed E-state index contributed by atoms with van der Waals surface area (Å²) in [7, 11) is 0. The number of carbonyl (C=O) groups is 1. The van der Waals surface area contributed by atoms with Crippen LogP contribution in [0.1, 0.15) is 45.2 Å². The highest BCUT2D eigenvalue weighted by Gasteiger charge is 2.31. The number of hydrogen-bond acceptors (Lipinski definition) is 3. The van der Waals surface area contributed by atoms with E-state index in [-0.39, 0.29) is 16.1 Å². The second kappa shape index (κ2) is 9.58. The number of allylic oxidation sites excluding steroid dienone is 1. The second-order valence-electron chi connectivity index (χ2n) is 8.27. The van der Waals surface area contributed by atoms with Crippen LogP contribution in [0.4, 0.5) is 11.4 Å². The number of benzene rings is 2. The quantitative estimate of drug-likeness (QED) is 0.348. The zero-order valence-corrected chi connectivity index (χ0v) is 20.7. The third kappa shape index (κ3) is 4.96. The molecule has 1 aliphatic heterocycles. The van der Waals surface area contributed by atoms with E-state index >= 15 is 0 Å². The van der Waals surface area contributed by atoms with Gasteiger partial charge < -0.3 is 10.2 Å². The topological polar surface area (TPSA) is 56.1 Å². The maximum Gasteiger partial charge on any atom is 0.266 e. The largest absolute Gasteiger partial charge is 0.362 e. The summed E-state index contributed by atoms with van der Waals surface area (Å²) in [4.78, 5) is 15.0. The van der Waals surface area contributed by atoms with Crippen LogP contribution in [-0.4, -0.2) is 18.0 Å². The Bertz CT molecular complexity index is 1180. The number of anilines is 2. The van der Waals surface area contributed by atoms with Crippen molar-refractivity contribution in [1.29, 1.82) is 5.26 Å². The molecule has 0 bridgehead atoms.